The van der Waals surface area contributed by atoms with E-state index in [0.29, 0.717) is 19.6 Å². The van der Waals surface area contributed by atoms with Gasteiger partial charge >= 0.3 is 12.1 Å². The third kappa shape index (κ3) is 4.90. The van der Waals surface area contributed by atoms with Crippen LogP contribution in [0.5, 0.6) is 0 Å². The highest BCUT2D eigenvalue weighted by molar-refractivity contribution is 7.09. The Balaban J connectivity index is 1.94. The highest BCUT2D eigenvalue weighted by Crippen LogP contribution is 2.27. The van der Waals surface area contributed by atoms with Gasteiger partial charge in [0, 0.05) is 30.7 Å². The second-order valence-electron chi connectivity index (χ2n) is 6.92. The van der Waals surface area contributed by atoms with Crippen molar-refractivity contribution in [2.24, 2.45) is 0 Å². The number of aryl methyl sites for hydroxylation is 1. The molecule has 0 aliphatic carbocycles. The van der Waals surface area contributed by atoms with Gasteiger partial charge in [-0.05, 0) is 27.7 Å². The molecule has 0 atom stereocenters. The smallest absolute Gasteiger partial charge is 0.410 e. The average Bonchev–Trinajstić information content (AvgIpc) is 2.75. The lowest BCUT2D eigenvalue weighted by Gasteiger charge is -2.49. The Morgan fingerprint density at radius 2 is 2.13 bits per heavy atom. The molecule has 1 saturated heterocycles. The summed E-state index contributed by atoms with van der Waals surface area (Å²) in [6, 6.07) is 0. The van der Waals surface area contributed by atoms with Crippen molar-refractivity contribution in [1.82, 2.24) is 15.2 Å². The van der Waals surface area contributed by atoms with Gasteiger partial charge in [-0.3, -0.25) is 4.79 Å². The van der Waals surface area contributed by atoms with E-state index in [1.807, 2.05) is 12.3 Å². The van der Waals surface area contributed by atoms with E-state index in [0.717, 1.165) is 10.7 Å². The minimum Gasteiger partial charge on any atom is -0.481 e. The number of nitrogens with one attached hydrogen (secondary N) is 1. The van der Waals surface area contributed by atoms with Gasteiger partial charge in [0.25, 0.3) is 0 Å². The molecule has 0 bridgehead atoms. The number of likely N-dealkylation sites (tertiary alicyclic amines) is 1. The maximum Gasteiger partial charge on any atom is 0.410 e. The summed E-state index contributed by atoms with van der Waals surface area (Å²) in [5.41, 5.74) is -0.237. The molecule has 0 spiro atoms. The number of carboxylic acid groups (broad SMARTS) is 1. The molecule has 0 saturated carbocycles. The molecule has 0 aromatic carbocycles. The van der Waals surface area contributed by atoms with E-state index in [1.54, 1.807) is 20.8 Å². The van der Waals surface area contributed by atoms with Gasteiger partial charge in [-0.1, -0.05) is 0 Å². The number of aromatic nitrogens is 1. The molecular formula is C15H23N3O4S. The third-order valence-corrected chi connectivity index (χ3v) is 4.38. The summed E-state index contributed by atoms with van der Waals surface area (Å²) in [7, 11) is 0. The fraction of sp³-hybridized carbons (Fsp3) is 0.667. The highest BCUT2D eigenvalue weighted by Gasteiger charge is 2.47. The van der Waals surface area contributed by atoms with Gasteiger partial charge in [0.15, 0.2) is 0 Å². The van der Waals surface area contributed by atoms with Gasteiger partial charge in [0.1, 0.15) is 10.6 Å². The lowest BCUT2D eigenvalue weighted by Crippen LogP contribution is -2.71. The number of carbonyl (C=O) groups excluding carboxylic acids is 1. The first-order valence-electron chi connectivity index (χ1n) is 7.44. The number of carbonyl (C=O) groups is 2. The Bertz CT molecular complexity index is 588. The molecule has 0 radical (unpaired) electrons. The Morgan fingerprint density at radius 1 is 1.48 bits per heavy atom. The summed E-state index contributed by atoms with van der Waals surface area (Å²) in [4.78, 5) is 29.0. The number of hydrogen-bond donors (Lipinski definition) is 2. The van der Waals surface area contributed by atoms with E-state index in [9.17, 15) is 9.59 Å². The Hall–Kier alpha value is -1.67. The summed E-state index contributed by atoms with van der Waals surface area (Å²) in [5, 5.41) is 15.3. The van der Waals surface area contributed by atoms with Crippen molar-refractivity contribution in [3.63, 3.8) is 0 Å². The molecule has 1 aliphatic heterocycles. The lowest BCUT2D eigenvalue weighted by molar-refractivity contribution is -0.141. The number of carboxylic acids is 1. The van der Waals surface area contributed by atoms with Crippen molar-refractivity contribution in [3.8, 4) is 0 Å². The van der Waals surface area contributed by atoms with Crippen molar-refractivity contribution < 1.29 is 19.4 Å². The second kappa shape index (κ2) is 6.45. The van der Waals surface area contributed by atoms with Gasteiger partial charge in [-0.25, -0.2) is 9.78 Å². The van der Waals surface area contributed by atoms with Gasteiger partial charge < -0.3 is 20.1 Å². The fourth-order valence-electron chi connectivity index (χ4n) is 2.46. The monoisotopic (exact) mass is 341 g/mol. The van der Waals surface area contributed by atoms with E-state index in [-0.39, 0.29) is 6.42 Å². The van der Waals surface area contributed by atoms with Crippen molar-refractivity contribution >= 4 is 23.4 Å². The van der Waals surface area contributed by atoms with Crippen molar-refractivity contribution in [3.05, 3.63) is 16.1 Å². The minimum atomic E-state index is -0.892. The molecule has 2 rings (SSSR count). The molecule has 1 aromatic heterocycles. The Kier molecular flexibility index (Phi) is 4.95. The second-order valence-corrected chi connectivity index (χ2v) is 7.87. The summed E-state index contributed by atoms with van der Waals surface area (Å²) >= 11 is 1.53. The van der Waals surface area contributed by atoms with E-state index >= 15 is 0 Å². The summed E-state index contributed by atoms with van der Waals surface area (Å²) < 4.78 is 5.31. The van der Waals surface area contributed by atoms with Gasteiger partial charge in [-0.2, -0.15) is 0 Å². The maximum atomic E-state index is 12.0. The van der Waals surface area contributed by atoms with E-state index in [2.05, 4.69) is 10.3 Å². The van der Waals surface area contributed by atoms with Crippen LogP contribution >= 0.6 is 11.3 Å². The SMILES string of the molecule is Cc1csc(CNC2(CC(=O)O)CN(C(=O)OC(C)(C)C)C2)n1. The molecule has 8 heteroatoms. The molecule has 1 amide bonds. The van der Waals surface area contributed by atoms with Crippen LogP contribution < -0.4 is 5.32 Å². The van der Waals surface area contributed by atoms with Crippen LogP contribution in [0.4, 0.5) is 4.79 Å². The fourth-order valence-corrected chi connectivity index (χ4v) is 3.17. The first-order valence-corrected chi connectivity index (χ1v) is 8.32. The Morgan fingerprint density at radius 3 is 2.61 bits per heavy atom. The summed E-state index contributed by atoms with van der Waals surface area (Å²) in [6.07, 6.45) is -0.457. The molecule has 7 nitrogen and oxygen atoms in total. The predicted molar refractivity (Wildman–Crippen MR) is 86.5 cm³/mol. The molecule has 1 aliphatic rings. The first kappa shape index (κ1) is 17.7. The summed E-state index contributed by atoms with van der Waals surface area (Å²) in [6.45, 7) is 8.46. The zero-order valence-electron chi connectivity index (χ0n) is 13.9. The van der Waals surface area contributed by atoms with Crippen LogP contribution in [0.15, 0.2) is 5.38 Å². The van der Waals surface area contributed by atoms with Gasteiger partial charge in [0.05, 0.1) is 12.0 Å². The zero-order chi connectivity index (χ0) is 17.3. The quantitative estimate of drug-likeness (QED) is 0.851. The first-order chi connectivity index (χ1) is 10.6. The van der Waals surface area contributed by atoms with Crippen LogP contribution in [-0.4, -0.2) is 51.3 Å². The number of rotatable bonds is 5. The molecule has 1 fully saturated rings. The zero-order valence-corrected chi connectivity index (χ0v) is 14.7. The third-order valence-electron chi connectivity index (χ3n) is 3.41. The van der Waals surface area contributed by atoms with E-state index < -0.39 is 23.2 Å². The number of nitrogens with zero attached hydrogens (tertiary/aromatic N) is 2. The van der Waals surface area contributed by atoms with E-state index in [4.69, 9.17) is 9.84 Å². The summed E-state index contributed by atoms with van der Waals surface area (Å²) in [5.74, 6) is -0.892. The molecule has 1 aromatic rings. The van der Waals surface area contributed by atoms with Crippen molar-refractivity contribution in [2.45, 2.75) is 51.8 Å². The van der Waals surface area contributed by atoms with Crippen molar-refractivity contribution in [2.75, 3.05) is 13.1 Å². The predicted octanol–water partition coefficient (Wildman–Crippen LogP) is 2.01. The average molecular weight is 341 g/mol. The number of ether oxygens (including phenoxy) is 1. The molecule has 0 unspecified atom stereocenters. The van der Waals surface area contributed by atoms with Crippen LogP contribution in [0, 0.1) is 6.92 Å². The van der Waals surface area contributed by atoms with Crippen LogP contribution in [0.1, 0.15) is 37.9 Å². The molecule has 128 valence electrons. The Labute approximate surface area is 139 Å². The van der Waals surface area contributed by atoms with Crippen LogP contribution in [0.25, 0.3) is 0 Å². The van der Waals surface area contributed by atoms with Crippen LogP contribution in [0.3, 0.4) is 0 Å². The maximum absolute atomic E-state index is 12.0. The van der Waals surface area contributed by atoms with Gasteiger partial charge in [-0.15, -0.1) is 11.3 Å². The largest absolute Gasteiger partial charge is 0.481 e. The number of amides is 1. The number of thiazole rings is 1. The number of hydrogen-bond acceptors (Lipinski definition) is 6. The lowest BCUT2D eigenvalue weighted by atomic mass is 9.86. The molecule has 2 N–H and O–H groups in total. The van der Waals surface area contributed by atoms with Crippen molar-refractivity contribution in [1.29, 1.82) is 0 Å². The van der Waals surface area contributed by atoms with E-state index in [1.165, 1.54) is 16.2 Å². The highest BCUT2D eigenvalue weighted by atomic mass is 32.1. The number of aliphatic carboxylic acids is 1. The molecule has 2 heterocycles. The molecular weight excluding hydrogens is 318 g/mol. The van der Waals surface area contributed by atoms with Crippen LogP contribution in [-0.2, 0) is 16.1 Å². The normalized spacial score (nSPS) is 16.8. The standard InChI is InChI=1S/C15H23N3O4S/c1-10-7-23-11(17-10)6-16-15(5-12(19)20)8-18(9-15)13(21)22-14(2,3)4/h7,16H,5-6,8-9H2,1-4H3,(H,19,20). The molecule has 23 heavy (non-hydrogen) atoms. The minimum absolute atomic E-state index is 0.0450. The topological polar surface area (TPSA) is 91.8 Å². The van der Waals surface area contributed by atoms with Crippen LogP contribution in [0.2, 0.25) is 0 Å². The van der Waals surface area contributed by atoms with Gasteiger partial charge in [0.2, 0.25) is 0 Å².